The first kappa shape index (κ1) is 44.8. The van der Waals surface area contributed by atoms with Gasteiger partial charge in [0.2, 0.25) is 0 Å². The lowest BCUT2D eigenvalue weighted by atomic mass is 9.80. The quantitative estimate of drug-likeness (QED) is 0.0514. The Kier molecular flexibility index (Phi) is 16.0. The van der Waals surface area contributed by atoms with Gasteiger partial charge in [0.25, 0.3) is 5.56 Å². The number of nitrogens with zero attached hydrogens (tertiary/aromatic N) is 4. The molecule has 2 heterocycles. The number of rotatable bonds is 18. The van der Waals surface area contributed by atoms with Crippen LogP contribution in [0.4, 0.5) is 0 Å². The highest BCUT2D eigenvalue weighted by Gasteiger charge is 2.38. The summed E-state index contributed by atoms with van der Waals surface area (Å²) in [6.07, 6.45) is 0.608. The van der Waals surface area contributed by atoms with Crippen LogP contribution < -0.4 is 30.5 Å². The molecular weight excluding hydrogens is 769 g/mol. The minimum Gasteiger partial charge on any atom is -0.566 e. The topological polar surface area (TPSA) is 151 Å². The largest absolute Gasteiger partial charge is 0.566 e. The zero-order chi connectivity index (χ0) is 42.5. The fourth-order valence-electron chi connectivity index (χ4n) is 7.18. The zero-order valence-corrected chi connectivity index (χ0v) is 35.9. The van der Waals surface area contributed by atoms with Crippen LogP contribution >= 0.6 is 8.25 Å². The maximum absolute atomic E-state index is 13.7. The predicted octanol–water partition coefficient (Wildman–Crippen LogP) is 5.45. The standard InChI is InChI=1S/C39H39N4O8P.C6H15N/c1-26-24-33-34(25-27(26)2)42(36-35(40-33)37(44)43(38(45)41-36)21-9-23-51-52(46)47)20-8-22-50-39(28-10-6-5-7-11-28,29-12-16-31(48-3)17-13-29)30-14-18-32(49-4)19-15-30;1-4-7(5-2)6-3/h5-7,10-19,24-25H,8-9,20-23H2,1-4H3;4-6H2,1-3H3/p+1. The Morgan fingerprint density at radius 1 is 0.712 bits per heavy atom. The average Bonchev–Trinajstić information content (AvgIpc) is 3.25. The summed E-state index contributed by atoms with van der Waals surface area (Å²) < 4.78 is 36.2. The SMILES string of the molecule is CC[NH+](CC)CC.COc1ccc(C(OCCCn2c3nc(=O)n(CCCO[P+](=O)[O-])c(=O)c-3nc3cc(C)c(C)cc32)(c2ccccc2)c2ccc(OC)cc2)cc1. The molecule has 0 aromatic heterocycles. The van der Waals surface area contributed by atoms with Crippen molar-refractivity contribution in [3.63, 3.8) is 0 Å². The van der Waals surface area contributed by atoms with Crippen LogP contribution in [0.1, 0.15) is 61.4 Å². The molecule has 1 N–H and O–H groups in total. The summed E-state index contributed by atoms with van der Waals surface area (Å²) >= 11 is 0. The molecule has 0 amide bonds. The molecule has 1 atom stereocenters. The van der Waals surface area contributed by atoms with Crippen LogP contribution in [0.15, 0.2) is 101 Å². The van der Waals surface area contributed by atoms with Gasteiger partial charge in [-0.15, -0.1) is 4.52 Å². The molecule has 6 rings (SSSR count). The molecule has 0 fully saturated rings. The van der Waals surface area contributed by atoms with Crippen molar-refractivity contribution in [1.29, 1.82) is 0 Å². The van der Waals surface area contributed by atoms with E-state index < -0.39 is 25.1 Å². The highest BCUT2D eigenvalue weighted by Crippen LogP contribution is 2.42. The van der Waals surface area contributed by atoms with Crippen LogP contribution in [-0.2, 0) is 32.5 Å². The molecule has 0 aliphatic carbocycles. The number of ether oxygens (including phenoxy) is 3. The molecule has 14 heteroatoms. The van der Waals surface area contributed by atoms with Crippen LogP contribution in [0.25, 0.3) is 22.6 Å². The van der Waals surface area contributed by atoms with Crippen molar-refractivity contribution in [2.75, 3.05) is 47.1 Å². The number of aryl methyl sites for hydroxylation is 3. The van der Waals surface area contributed by atoms with Gasteiger partial charge in [0.15, 0.2) is 11.5 Å². The average molecular weight is 825 g/mol. The molecule has 0 spiro atoms. The van der Waals surface area contributed by atoms with E-state index in [4.69, 9.17) is 14.2 Å². The van der Waals surface area contributed by atoms with Crippen molar-refractivity contribution in [1.82, 2.24) is 19.1 Å². The van der Waals surface area contributed by atoms with E-state index in [1.54, 1.807) is 19.1 Å². The number of methoxy groups -OCH3 is 2. The zero-order valence-electron chi connectivity index (χ0n) is 35.0. The first-order chi connectivity index (χ1) is 28.5. The van der Waals surface area contributed by atoms with E-state index in [0.717, 1.165) is 49.4 Å². The summed E-state index contributed by atoms with van der Waals surface area (Å²) in [6.45, 7) is 14.9. The van der Waals surface area contributed by atoms with Gasteiger partial charge in [-0.3, -0.25) is 9.36 Å². The molecule has 4 aromatic rings. The van der Waals surface area contributed by atoms with E-state index in [1.807, 2.05) is 109 Å². The normalized spacial score (nSPS) is 11.8. The van der Waals surface area contributed by atoms with E-state index in [0.29, 0.717) is 18.5 Å². The third-order valence-electron chi connectivity index (χ3n) is 10.7. The van der Waals surface area contributed by atoms with Crippen molar-refractivity contribution in [3.05, 3.63) is 140 Å². The van der Waals surface area contributed by atoms with Gasteiger partial charge in [-0.05, 0) is 116 Å². The van der Waals surface area contributed by atoms with Crippen molar-refractivity contribution in [2.24, 2.45) is 0 Å². The number of fused-ring (bicyclic) bond motifs is 2. The fraction of sp³-hybridized carbons (Fsp3) is 0.378. The van der Waals surface area contributed by atoms with Gasteiger partial charge in [0.1, 0.15) is 23.7 Å². The Morgan fingerprint density at radius 3 is 1.76 bits per heavy atom. The van der Waals surface area contributed by atoms with Crippen LogP contribution in [0.2, 0.25) is 0 Å². The predicted molar refractivity (Wildman–Crippen MR) is 228 cm³/mol. The second-order valence-electron chi connectivity index (χ2n) is 14.1. The van der Waals surface area contributed by atoms with Gasteiger partial charge in [0, 0.05) is 13.1 Å². The fourth-order valence-corrected chi connectivity index (χ4v) is 7.46. The maximum atomic E-state index is 13.7. The Labute approximate surface area is 346 Å². The van der Waals surface area contributed by atoms with Gasteiger partial charge in [0.05, 0.1) is 51.5 Å². The number of hydrogen-bond acceptors (Lipinski definition) is 10. The first-order valence-corrected chi connectivity index (χ1v) is 21.1. The molecule has 1 unspecified atom stereocenters. The Hall–Kier alpha value is -5.30. The third-order valence-corrected chi connectivity index (χ3v) is 11.1. The maximum Gasteiger partial charge on any atom is 0.488 e. The van der Waals surface area contributed by atoms with Crippen molar-refractivity contribution in [3.8, 4) is 23.0 Å². The van der Waals surface area contributed by atoms with E-state index in [2.05, 4.69) is 35.3 Å². The molecule has 312 valence electrons. The lowest BCUT2D eigenvalue weighted by molar-refractivity contribution is -0.894. The number of hydrogen-bond donors (Lipinski definition) is 1. The highest BCUT2D eigenvalue weighted by molar-refractivity contribution is 7.30. The lowest BCUT2D eigenvalue weighted by Gasteiger charge is -2.36. The molecule has 2 aliphatic heterocycles. The Bertz CT molecular complexity index is 2330. The first-order valence-electron chi connectivity index (χ1n) is 20.0. The smallest absolute Gasteiger partial charge is 0.488 e. The van der Waals surface area contributed by atoms with E-state index in [1.165, 1.54) is 19.6 Å². The number of benzene rings is 4. The highest BCUT2D eigenvalue weighted by atomic mass is 31.1. The summed E-state index contributed by atoms with van der Waals surface area (Å²) in [5.41, 5.74) is 3.73. The summed E-state index contributed by atoms with van der Waals surface area (Å²) in [4.78, 5) is 48.4. The molecule has 0 bridgehead atoms. The van der Waals surface area contributed by atoms with Crippen LogP contribution in [0.5, 0.6) is 11.5 Å². The Morgan fingerprint density at radius 2 is 1.24 bits per heavy atom. The summed E-state index contributed by atoms with van der Waals surface area (Å²) in [5.74, 6) is 1.60. The van der Waals surface area contributed by atoms with E-state index in [-0.39, 0.29) is 37.7 Å². The summed E-state index contributed by atoms with van der Waals surface area (Å²) in [7, 11) is 0.225. The van der Waals surface area contributed by atoms with Crippen LogP contribution in [-0.4, -0.2) is 66.2 Å². The molecule has 59 heavy (non-hydrogen) atoms. The van der Waals surface area contributed by atoms with Crippen molar-refractivity contribution in [2.45, 2.75) is 66.2 Å². The van der Waals surface area contributed by atoms with Crippen molar-refractivity contribution >= 4 is 19.3 Å². The monoisotopic (exact) mass is 824 g/mol. The van der Waals surface area contributed by atoms with Crippen LogP contribution in [0.3, 0.4) is 0 Å². The second-order valence-corrected chi connectivity index (χ2v) is 14.8. The molecule has 4 aromatic carbocycles. The van der Waals surface area contributed by atoms with Gasteiger partial charge in [-0.2, -0.15) is 4.98 Å². The molecule has 13 nitrogen and oxygen atoms in total. The number of quaternary nitrogens is 1. The minimum absolute atomic E-state index is 0.0437. The van der Waals surface area contributed by atoms with Crippen molar-refractivity contribution < 1.29 is 33.1 Å². The molecule has 0 radical (unpaired) electrons. The minimum atomic E-state index is -3.03. The molecule has 0 saturated heterocycles. The Balaban J connectivity index is 0.000000867. The lowest BCUT2D eigenvalue weighted by Crippen LogP contribution is -3.11. The third kappa shape index (κ3) is 10.5. The molecule has 2 aliphatic rings. The summed E-state index contributed by atoms with van der Waals surface area (Å²) in [5, 5.41) is 0. The van der Waals surface area contributed by atoms with Gasteiger partial charge >= 0.3 is 13.9 Å². The number of aromatic nitrogens is 4. The molecular formula is C45H55N5O8P+. The van der Waals surface area contributed by atoms with Gasteiger partial charge in [-0.1, -0.05) is 54.6 Å². The number of nitrogens with one attached hydrogen (secondary N) is 1. The van der Waals surface area contributed by atoms with Crippen LogP contribution in [0, 0.1) is 13.8 Å². The van der Waals surface area contributed by atoms with E-state index >= 15 is 0 Å². The van der Waals surface area contributed by atoms with Gasteiger partial charge < -0.3 is 28.6 Å². The molecule has 0 saturated carbocycles. The van der Waals surface area contributed by atoms with Gasteiger partial charge in [-0.25, -0.2) is 9.78 Å². The van der Waals surface area contributed by atoms with E-state index in [9.17, 15) is 19.0 Å². The summed E-state index contributed by atoms with van der Waals surface area (Å²) in [6, 6.07) is 29.5. The second kappa shape index (κ2) is 21.1.